The summed E-state index contributed by atoms with van der Waals surface area (Å²) in [6.45, 7) is 2.16. The van der Waals surface area contributed by atoms with Gasteiger partial charge in [0.15, 0.2) is 0 Å². The number of carbonyl (C=O) groups excluding carboxylic acids is 1. The summed E-state index contributed by atoms with van der Waals surface area (Å²) in [5.74, 6) is -0.224. The summed E-state index contributed by atoms with van der Waals surface area (Å²) >= 11 is 0. The third-order valence-corrected chi connectivity index (χ3v) is 5.45. The Morgan fingerprint density at radius 3 is 2.56 bits per heavy atom. The molecule has 1 N–H and O–H groups in total. The molecule has 0 aliphatic carbocycles. The van der Waals surface area contributed by atoms with Crippen LogP contribution in [0, 0.1) is 6.92 Å². The van der Waals surface area contributed by atoms with Crippen molar-refractivity contribution in [1.29, 1.82) is 0 Å². The summed E-state index contributed by atoms with van der Waals surface area (Å²) in [5, 5.41) is 3.65. The largest absolute Gasteiger partial charge is 0.350 e. The van der Waals surface area contributed by atoms with Crippen LogP contribution in [0.4, 0.5) is 5.69 Å². The van der Waals surface area contributed by atoms with Crippen LogP contribution in [-0.2, 0) is 10.0 Å². The molecule has 0 bridgehead atoms. The number of amides is 1. The van der Waals surface area contributed by atoms with Crippen molar-refractivity contribution in [3.05, 3.63) is 71.9 Å². The molecule has 7 heteroatoms. The van der Waals surface area contributed by atoms with Gasteiger partial charge in [0.2, 0.25) is 10.0 Å². The predicted molar refractivity (Wildman–Crippen MR) is 107 cm³/mol. The second-order valence-corrected chi connectivity index (χ2v) is 8.17. The van der Waals surface area contributed by atoms with Crippen molar-refractivity contribution in [2.45, 2.75) is 6.92 Å². The molecule has 6 nitrogen and oxygen atoms in total. The lowest BCUT2D eigenvalue weighted by molar-refractivity contribution is 0.0954. The Labute approximate surface area is 158 Å². The maximum absolute atomic E-state index is 12.4. The first kappa shape index (κ1) is 18.8. The molecule has 3 aromatic rings. The monoisotopic (exact) mass is 383 g/mol. The van der Waals surface area contributed by atoms with E-state index in [4.69, 9.17) is 0 Å². The zero-order valence-corrected chi connectivity index (χ0v) is 16.0. The Morgan fingerprint density at radius 1 is 1.07 bits per heavy atom. The molecule has 1 amide bonds. The van der Waals surface area contributed by atoms with E-state index in [1.54, 1.807) is 36.5 Å². The van der Waals surface area contributed by atoms with Crippen LogP contribution in [0.2, 0.25) is 0 Å². The fourth-order valence-electron chi connectivity index (χ4n) is 2.95. The molecule has 0 fully saturated rings. The number of hydrogen-bond acceptors (Lipinski definition) is 4. The number of hydrogen-bond donors (Lipinski definition) is 1. The maximum atomic E-state index is 12.4. The highest BCUT2D eigenvalue weighted by atomic mass is 32.2. The van der Waals surface area contributed by atoms with E-state index < -0.39 is 10.0 Å². The average molecular weight is 383 g/mol. The van der Waals surface area contributed by atoms with Crippen LogP contribution in [0.15, 0.2) is 60.8 Å². The van der Waals surface area contributed by atoms with Gasteiger partial charge in [0.05, 0.1) is 24.0 Å². The highest BCUT2D eigenvalue weighted by Crippen LogP contribution is 2.26. The number of para-hydroxylation sites is 1. The molecule has 0 unspecified atom stereocenters. The van der Waals surface area contributed by atoms with E-state index in [0.717, 1.165) is 17.2 Å². The van der Waals surface area contributed by atoms with Gasteiger partial charge in [0.25, 0.3) is 5.91 Å². The van der Waals surface area contributed by atoms with Gasteiger partial charge >= 0.3 is 0 Å². The predicted octanol–water partition coefficient (Wildman–Crippen LogP) is 2.74. The van der Waals surface area contributed by atoms with Gasteiger partial charge in [-0.05, 0) is 30.7 Å². The number of nitrogens with zero attached hydrogens (tertiary/aromatic N) is 2. The quantitative estimate of drug-likeness (QED) is 0.710. The summed E-state index contributed by atoms with van der Waals surface area (Å²) in [6.07, 6.45) is 2.78. The number of sulfonamides is 1. The third kappa shape index (κ3) is 4.25. The van der Waals surface area contributed by atoms with E-state index in [0.29, 0.717) is 16.8 Å². The van der Waals surface area contributed by atoms with Crippen LogP contribution in [0.3, 0.4) is 0 Å². The van der Waals surface area contributed by atoms with Crippen LogP contribution < -0.4 is 9.62 Å². The number of nitrogens with one attached hydrogen (secondary N) is 1. The van der Waals surface area contributed by atoms with Crippen molar-refractivity contribution < 1.29 is 13.2 Å². The van der Waals surface area contributed by atoms with Gasteiger partial charge in [-0.2, -0.15) is 0 Å². The van der Waals surface area contributed by atoms with E-state index >= 15 is 0 Å². The second-order valence-electron chi connectivity index (χ2n) is 6.26. The lowest BCUT2D eigenvalue weighted by atomic mass is 10.1. The summed E-state index contributed by atoms with van der Waals surface area (Å²) in [6, 6.07) is 16.4. The number of carbonyl (C=O) groups is 1. The summed E-state index contributed by atoms with van der Waals surface area (Å²) in [4.78, 5) is 16.7. The lowest BCUT2D eigenvalue weighted by Gasteiger charge is -2.23. The number of fused-ring (bicyclic) bond motifs is 1. The molecule has 0 aliphatic rings. The molecule has 0 aliphatic heterocycles. The summed E-state index contributed by atoms with van der Waals surface area (Å²) in [5.41, 5.74) is 2.56. The number of benzene rings is 2. The third-order valence-electron chi connectivity index (χ3n) is 4.27. The van der Waals surface area contributed by atoms with E-state index in [-0.39, 0.29) is 19.0 Å². The van der Waals surface area contributed by atoms with Crippen LogP contribution in [0.25, 0.3) is 10.9 Å². The van der Waals surface area contributed by atoms with Gasteiger partial charge in [-0.3, -0.25) is 14.1 Å². The van der Waals surface area contributed by atoms with Gasteiger partial charge in [0.1, 0.15) is 0 Å². The zero-order chi connectivity index (χ0) is 19.4. The van der Waals surface area contributed by atoms with E-state index in [1.807, 2.05) is 31.2 Å². The fraction of sp³-hybridized carbons (Fsp3) is 0.200. The minimum atomic E-state index is -3.54. The van der Waals surface area contributed by atoms with Crippen LogP contribution in [0.1, 0.15) is 15.9 Å². The smallest absolute Gasteiger partial charge is 0.251 e. The van der Waals surface area contributed by atoms with Gasteiger partial charge in [-0.1, -0.05) is 36.4 Å². The molecule has 0 saturated heterocycles. The fourth-order valence-corrected chi connectivity index (χ4v) is 3.88. The topological polar surface area (TPSA) is 79.4 Å². The molecule has 1 heterocycles. The molecular formula is C20H21N3O3S. The Balaban J connectivity index is 1.81. The molecule has 140 valence electrons. The van der Waals surface area contributed by atoms with Crippen LogP contribution in [-0.4, -0.2) is 38.7 Å². The second kappa shape index (κ2) is 7.75. The molecule has 0 spiro atoms. The van der Waals surface area contributed by atoms with E-state index in [1.165, 1.54) is 4.31 Å². The van der Waals surface area contributed by atoms with Crippen molar-refractivity contribution in [2.75, 3.05) is 23.7 Å². The van der Waals surface area contributed by atoms with Crippen molar-refractivity contribution in [3.63, 3.8) is 0 Å². The average Bonchev–Trinajstić information content (AvgIpc) is 2.64. The van der Waals surface area contributed by atoms with Crippen LogP contribution in [0.5, 0.6) is 0 Å². The Hall–Kier alpha value is -2.93. The molecular weight excluding hydrogens is 362 g/mol. The Bertz CT molecular complexity index is 1080. The minimum absolute atomic E-state index is 0.117. The lowest BCUT2D eigenvalue weighted by Crippen LogP contribution is -2.38. The zero-order valence-electron chi connectivity index (χ0n) is 15.2. The van der Waals surface area contributed by atoms with Gasteiger partial charge < -0.3 is 5.32 Å². The maximum Gasteiger partial charge on any atom is 0.251 e. The normalized spacial score (nSPS) is 11.3. The highest BCUT2D eigenvalue weighted by Gasteiger charge is 2.20. The van der Waals surface area contributed by atoms with Gasteiger partial charge in [-0.25, -0.2) is 8.42 Å². The molecule has 0 atom stereocenters. The van der Waals surface area contributed by atoms with Crippen molar-refractivity contribution >= 4 is 32.5 Å². The molecule has 0 saturated carbocycles. The number of anilines is 1. The van der Waals surface area contributed by atoms with Crippen LogP contribution >= 0.6 is 0 Å². The van der Waals surface area contributed by atoms with Crippen molar-refractivity contribution in [2.24, 2.45) is 0 Å². The molecule has 27 heavy (non-hydrogen) atoms. The Kier molecular flexibility index (Phi) is 5.41. The van der Waals surface area contributed by atoms with E-state index in [9.17, 15) is 13.2 Å². The molecule has 3 rings (SSSR count). The van der Waals surface area contributed by atoms with Crippen molar-refractivity contribution in [1.82, 2.24) is 10.3 Å². The number of aromatic nitrogens is 1. The van der Waals surface area contributed by atoms with Gasteiger partial charge in [-0.15, -0.1) is 0 Å². The molecule has 2 aromatic carbocycles. The minimum Gasteiger partial charge on any atom is -0.350 e. The molecule has 0 radical (unpaired) electrons. The number of aryl methyl sites for hydroxylation is 1. The van der Waals surface area contributed by atoms with Gasteiger partial charge in [0, 0.05) is 23.7 Å². The standard InChI is InChI=1S/C20H21N3O3S/c1-15-7-3-4-10-17(15)20(24)22-13-14-23(27(2,25)26)18-11-5-8-16-9-6-12-21-19(16)18/h3-12H,13-14H2,1-2H3,(H,22,24). The van der Waals surface area contributed by atoms with Crippen molar-refractivity contribution in [3.8, 4) is 0 Å². The number of pyridine rings is 1. The molecule has 1 aromatic heterocycles. The number of rotatable bonds is 6. The first-order chi connectivity index (χ1) is 12.9. The van der Waals surface area contributed by atoms with E-state index in [2.05, 4.69) is 10.3 Å². The SMILES string of the molecule is Cc1ccccc1C(=O)NCCN(c1cccc2cccnc12)S(C)(=O)=O. The first-order valence-corrected chi connectivity index (χ1v) is 10.4. The first-order valence-electron chi connectivity index (χ1n) is 8.53. The summed E-state index contributed by atoms with van der Waals surface area (Å²) < 4.78 is 26.0. The Morgan fingerprint density at radius 2 is 1.81 bits per heavy atom. The summed E-state index contributed by atoms with van der Waals surface area (Å²) in [7, 11) is -3.54. The highest BCUT2D eigenvalue weighted by molar-refractivity contribution is 7.92.